The molecule has 0 aliphatic rings. The highest BCUT2D eigenvalue weighted by Crippen LogP contribution is 2.29. The molecule has 0 bridgehead atoms. The molecule has 156 valence electrons. The van der Waals surface area contributed by atoms with E-state index in [2.05, 4.69) is 5.32 Å². The van der Waals surface area contributed by atoms with Gasteiger partial charge in [-0.25, -0.2) is 0 Å². The molecular weight excluding hydrogens is 378 g/mol. The molecule has 1 amide bonds. The summed E-state index contributed by atoms with van der Waals surface area (Å²) in [7, 11) is 6.47. The number of amides is 1. The third-order valence-corrected chi connectivity index (χ3v) is 4.75. The Bertz CT molecular complexity index is 887. The van der Waals surface area contributed by atoms with Gasteiger partial charge in [-0.1, -0.05) is 0 Å². The van der Waals surface area contributed by atoms with Crippen molar-refractivity contribution < 1.29 is 28.8 Å². The van der Waals surface area contributed by atoms with Crippen LogP contribution in [0.3, 0.4) is 0 Å². The van der Waals surface area contributed by atoms with Gasteiger partial charge in [0.05, 0.1) is 45.1 Å². The molecule has 0 fully saturated rings. The van der Waals surface area contributed by atoms with Crippen LogP contribution in [0.1, 0.15) is 12.5 Å². The first-order valence-electron chi connectivity index (χ1n) is 8.97. The lowest BCUT2D eigenvalue weighted by Crippen LogP contribution is -3.12. The maximum absolute atomic E-state index is 12.7. The number of methoxy groups -OCH3 is 3. The number of benzene rings is 2. The molecule has 2 atom stereocenters. The van der Waals surface area contributed by atoms with Crippen molar-refractivity contribution in [2.45, 2.75) is 19.5 Å². The van der Waals surface area contributed by atoms with Gasteiger partial charge in [0.1, 0.15) is 23.8 Å². The number of hydrogen-bond acceptors (Lipinski definition) is 6. The zero-order valence-corrected chi connectivity index (χ0v) is 17.1. The van der Waals surface area contributed by atoms with Crippen molar-refractivity contribution in [2.24, 2.45) is 0 Å². The van der Waals surface area contributed by atoms with Gasteiger partial charge in [-0.3, -0.25) is 14.9 Å². The number of quaternary nitrogens is 1. The Morgan fingerprint density at radius 1 is 1.10 bits per heavy atom. The number of nitrogens with zero attached hydrogens (tertiary/aromatic N) is 1. The van der Waals surface area contributed by atoms with Crippen molar-refractivity contribution in [3.8, 4) is 17.2 Å². The molecule has 1 unspecified atom stereocenters. The minimum Gasteiger partial charge on any atom is -0.497 e. The maximum atomic E-state index is 12.7. The molecule has 9 heteroatoms. The van der Waals surface area contributed by atoms with E-state index in [0.717, 1.165) is 10.5 Å². The van der Waals surface area contributed by atoms with Gasteiger partial charge in [0.15, 0.2) is 6.04 Å². The van der Waals surface area contributed by atoms with Crippen LogP contribution < -0.4 is 24.4 Å². The molecule has 2 rings (SSSR count). The van der Waals surface area contributed by atoms with Crippen LogP contribution in [-0.4, -0.2) is 45.2 Å². The summed E-state index contributed by atoms with van der Waals surface area (Å²) < 4.78 is 15.8. The Balaban J connectivity index is 2.11. The van der Waals surface area contributed by atoms with Gasteiger partial charge >= 0.3 is 0 Å². The number of anilines is 1. The van der Waals surface area contributed by atoms with Crippen LogP contribution in [0.4, 0.5) is 11.4 Å². The number of nitro benzene ring substituents is 1. The normalized spacial score (nSPS) is 12.6. The summed E-state index contributed by atoms with van der Waals surface area (Å²) in [5.74, 6) is 1.38. The fraction of sp³-hybridized carbons (Fsp3) is 0.350. The average molecular weight is 404 g/mol. The summed E-state index contributed by atoms with van der Waals surface area (Å²) in [5, 5.41) is 13.7. The summed E-state index contributed by atoms with van der Waals surface area (Å²) in [6.07, 6.45) is 0. The van der Waals surface area contributed by atoms with Gasteiger partial charge < -0.3 is 24.4 Å². The third-order valence-electron chi connectivity index (χ3n) is 4.75. The van der Waals surface area contributed by atoms with Crippen molar-refractivity contribution in [3.63, 3.8) is 0 Å². The predicted octanol–water partition coefficient (Wildman–Crippen LogP) is 1.66. The third kappa shape index (κ3) is 5.35. The Morgan fingerprint density at radius 2 is 1.79 bits per heavy atom. The second-order valence-corrected chi connectivity index (χ2v) is 6.55. The van der Waals surface area contributed by atoms with E-state index in [4.69, 9.17) is 14.2 Å². The second-order valence-electron chi connectivity index (χ2n) is 6.55. The molecule has 0 heterocycles. The number of ether oxygens (including phenoxy) is 3. The van der Waals surface area contributed by atoms with Crippen LogP contribution >= 0.6 is 0 Å². The second kappa shape index (κ2) is 9.74. The molecule has 2 N–H and O–H groups in total. The molecule has 29 heavy (non-hydrogen) atoms. The van der Waals surface area contributed by atoms with Crippen molar-refractivity contribution in [3.05, 3.63) is 52.1 Å². The van der Waals surface area contributed by atoms with Crippen LogP contribution in [0.5, 0.6) is 17.2 Å². The Morgan fingerprint density at radius 3 is 2.38 bits per heavy atom. The van der Waals surface area contributed by atoms with Gasteiger partial charge in [-0.2, -0.15) is 0 Å². The van der Waals surface area contributed by atoms with Gasteiger partial charge in [0.2, 0.25) is 0 Å². The van der Waals surface area contributed by atoms with Crippen molar-refractivity contribution in [1.82, 2.24) is 0 Å². The monoisotopic (exact) mass is 404 g/mol. The summed E-state index contributed by atoms with van der Waals surface area (Å²) in [6.45, 7) is 2.36. The van der Waals surface area contributed by atoms with Gasteiger partial charge in [0.25, 0.3) is 11.6 Å². The molecule has 9 nitrogen and oxygen atoms in total. The van der Waals surface area contributed by atoms with E-state index in [1.165, 1.54) is 25.3 Å². The summed E-state index contributed by atoms with van der Waals surface area (Å²) in [6, 6.07) is 9.21. The molecular formula is C20H26N3O6+. The molecule has 0 aromatic heterocycles. The van der Waals surface area contributed by atoms with Crippen LogP contribution in [0.25, 0.3) is 0 Å². The lowest BCUT2D eigenvalue weighted by atomic mass is 10.1. The smallest absolute Gasteiger partial charge is 0.282 e. The largest absolute Gasteiger partial charge is 0.497 e. The van der Waals surface area contributed by atoms with E-state index in [-0.39, 0.29) is 17.3 Å². The van der Waals surface area contributed by atoms with Crippen LogP contribution in [0.15, 0.2) is 36.4 Å². The van der Waals surface area contributed by atoms with E-state index in [0.29, 0.717) is 23.7 Å². The number of carbonyl (C=O) groups is 1. The van der Waals surface area contributed by atoms with Crippen LogP contribution in [-0.2, 0) is 11.3 Å². The SMILES string of the molecule is COc1ccc(C[NH+](C)[C@H](C)C(=O)Nc2ccc([N+](=O)[O-])cc2OC)c(OC)c1. The highest BCUT2D eigenvalue weighted by Gasteiger charge is 2.24. The lowest BCUT2D eigenvalue weighted by molar-refractivity contribution is -0.907. The van der Waals surface area contributed by atoms with E-state index >= 15 is 0 Å². The summed E-state index contributed by atoms with van der Waals surface area (Å²) >= 11 is 0. The Kier molecular flexibility index (Phi) is 7.38. The van der Waals surface area contributed by atoms with E-state index in [9.17, 15) is 14.9 Å². The van der Waals surface area contributed by atoms with Crippen LogP contribution in [0, 0.1) is 10.1 Å². The number of nitrogens with one attached hydrogen (secondary N) is 2. The Labute approximate surface area is 169 Å². The van der Waals surface area contributed by atoms with E-state index < -0.39 is 11.0 Å². The molecule has 2 aromatic rings. The minimum atomic E-state index is -0.517. The first kappa shape index (κ1) is 22.0. The highest BCUT2D eigenvalue weighted by atomic mass is 16.6. The zero-order valence-electron chi connectivity index (χ0n) is 17.1. The molecule has 0 saturated carbocycles. The van der Waals surface area contributed by atoms with Crippen LogP contribution in [0.2, 0.25) is 0 Å². The van der Waals surface area contributed by atoms with E-state index in [1.807, 2.05) is 19.2 Å². The number of likely N-dealkylation sites (N-methyl/N-ethyl adjacent to an activating group) is 1. The molecule has 0 aliphatic heterocycles. The molecule has 2 aromatic carbocycles. The summed E-state index contributed by atoms with van der Waals surface area (Å²) in [4.78, 5) is 24.0. The van der Waals surface area contributed by atoms with Gasteiger partial charge in [0, 0.05) is 17.7 Å². The van der Waals surface area contributed by atoms with Crippen molar-refractivity contribution >= 4 is 17.3 Å². The Hall–Kier alpha value is -3.33. The molecule has 0 radical (unpaired) electrons. The molecule has 0 aliphatic carbocycles. The van der Waals surface area contributed by atoms with Crippen molar-refractivity contribution in [1.29, 1.82) is 0 Å². The first-order valence-corrected chi connectivity index (χ1v) is 8.97. The van der Waals surface area contributed by atoms with Gasteiger partial charge in [-0.05, 0) is 25.1 Å². The number of nitro groups is 1. The summed E-state index contributed by atoms with van der Waals surface area (Å²) in [5.41, 5.74) is 1.21. The lowest BCUT2D eigenvalue weighted by Gasteiger charge is -2.22. The highest BCUT2D eigenvalue weighted by molar-refractivity contribution is 5.95. The topological polar surface area (TPSA) is 104 Å². The van der Waals surface area contributed by atoms with Crippen molar-refractivity contribution in [2.75, 3.05) is 33.7 Å². The standard InChI is InChI=1S/C20H25N3O6/c1-13(22(2)12-14-6-8-16(27-3)11-18(14)28-4)20(24)21-17-9-7-15(23(25)26)10-19(17)29-5/h6-11,13H,12H2,1-5H3,(H,21,24)/p+1/t13-/m1/s1. The average Bonchev–Trinajstić information content (AvgIpc) is 2.73. The van der Waals surface area contributed by atoms with E-state index in [1.54, 1.807) is 27.2 Å². The predicted molar refractivity (Wildman–Crippen MR) is 108 cm³/mol. The van der Waals surface area contributed by atoms with Gasteiger partial charge in [-0.15, -0.1) is 0 Å². The first-order chi connectivity index (χ1) is 13.8. The molecule has 0 saturated heterocycles. The molecule has 0 spiro atoms. The maximum Gasteiger partial charge on any atom is 0.282 e. The quantitative estimate of drug-likeness (QED) is 0.487. The number of carbonyl (C=O) groups excluding carboxylic acids is 1. The fourth-order valence-electron chi connectivity index (χ4n) is 2.81. The fourth-order valence-corrected chi connectivity index (χ4v) is 2.81. The number of non-ortho nitro benzene ring substituents is 1. The minimum absolute atomic E-state index is 0.109. The number of hydrogen-bond donors (Lipinski definition) is 2. The number of rotatable bonds is 9. The zero-order chi connectivity index (χ0) is 21.6.